The van der Waals surface area contributed by atoms with Crippen molar-refractivity contribution >= 4 is 34.6 Å². The van der Waals surface area contributed by atoms with E-state index in [1.165, 1.54) is 10.4 Å². The Hall–Kier alpha value is -2.51. The molecule has 0 bridgehead atoms. The molecule has 8 heteroatoms. The normalized spacial score (nSPS) is 21.8. The minimum atomic E-state index is -0.418. The van der Waals surface area contributed by atoms with Crippen LogP contribution >= 0.6 is 22.9 Å². The molecule has 3 aromatic rings. The third-order valence-corrected chi connectivity index (χ3v) is 7.92. The van der Waals surface area contributed by atoms with Crippen LogP contribution in [-0.2, 0) is 4.79 Å². The number of carbonyl (C=O) groups excluding carboxylic acids is 1. The first-order valence-corrected chi connectivity index (χ1v) is 12.2. The Morgan fingerprint density at radius 3 is 2.59 bits per heavy atom. The molecular formula is C24H26ClN5OS. The Labute approximate surface area is 196 Å². The van der Waals surface area contributed by atoms with Gasteiger partial charge in [-0.25, -0.2) is 0 Å². The summed E-state index contributed by atoms with van der Waals surface area (Å²) in [4.78, 5) is 19.3. The molecule has 1 saturated carbocycles. The highest BCUT2D eigenvalue weighted by Gasteiger charge is 2.33. The summed E-state index contributed by atoms with van der Waals surface area (Å²) < 4.78 is 2.08. The molecule has 32 heavy (non-hydrogen) atoms. The summed E-state index contributed by atoms with van der Waals surface area (Å²) >= 11 is 7.87. The number of aromatic nitrogens is 3. The van der Waals surface area contributed by atoms with Crippen molar-refractivity contribution in [3.8, 4) is 5.00 Å². The van der Waals surface area contributed by atoms with Gasteiger partial charge in [-0.1, -0.05) is 30.7 Å². The number of thiophene rings is 1. The molecule has 5 rings (SSSR count). The molecule has 0 spiro atoms. The van der Waals surface area contributed by atoms with E-state index in [9.17, 15) is 4.79 Å². The lowest BCUT2D eigenvalue weighted by atomic mass is 9.82. The topological polar surface area (TPSA) is 72.2 Å². The zero-order chi connectivity index (χ0) is 22.6. The van der Waals surface area contributed by atoms with Crippen LogP contribution in [-0.4, -0.2) is 32.4 Å². The van der Waals surface area contributed by atoms with Gasteiger partial charge >= 0.3 is 0 Å². The molecule has 6 nitrogen and oxygen atoms in total. The summed E-state index contributed by atoms with van der Waals surface area (Å²) in [6, 6.07) is 7.59. The van der Waals surface area contributed by atoms with Crippen molar-refractivity contribution in [3.63, 3.8) is 0 Å². The van der Waals surface area contributed by atoms with E-state index in [4.69, 9.17) is 16.6 Å². The third kappa shape index (κ3) is 3.67. The standard InChI is InChI=1S/C24H26ClN5OS/c1-12-9-18(10-12)26-20(31)11-19-23-29-28-15(4)30(23)24-21(13(2)14(3)32-24)22(27-19)16-5-7-17(25)8-6-16/h5-8,12,18-19H,9-11H2,1-4H3,(H,26,31)/t12?,18?,19-/m0/s1. The van der Waals surface area contributed by atoms with Crippen LogP contribution in [0.2, 0.25) is 5.02 Å². The Bertz CT molecular complexity index is 1220. The fourth-order valence-corrected chi connectivity index (χ4v) is 5.95. The summed E-state index contributed by atoms with van der Waals surface area (Å²) in [5.41, 5.74) is 4.12. The largest absolute Gasteiger partial charge is 0.353 e. The highest BCUT2D eigenvalue weighted by molar-refractivity contribution is 7.15. The molecule has 1 aromatic carbocycles. The van der Waals surface area contributed by atoms with Crippen LogP contribution < -0.4 is 5.32 Å². The number of hydrogen-bond donors (Lipinski definition) is 1. The number of rotatable bonds is 4. The molecule has 0 radical (unpaired) electrons. The highest BCUT2D eigenvalue weighted by atomic mass is 35.5. The van der Waals surface area contributed by atoms with Gasteiger partial charge in [0.15, 0.2) is 5.82 Å². The molecule has 2 aliphatic rings. The van der Waals surface area contributed by atoms with Crippen molar-refractivity contribution in [3.05, 3.63) is 62.5 Å². The third-order valence-electron chi connectivity index (χ3n) is 6.47. The number of nitrogens with zero attached hydrogens (tertiary/aromatic N) is 4. The minimum absolute atomic E-state index is 0.0106. The number of nitrogens with one attached hydrogen (secondary N) is 1. The molecule has 1 atom stereocenters. The van der Waals surface area contributed by atoms with E-state index in [1.807, 2.05) is 31.2 Å². The molecule has 1 N–H and O–H groups in total. The van der Waals surface area contributed by atoms with Crippen molar-refractivity contribution in [1.82, 2.24) is 20.1 Å². The molecule has 1 amide bonds. The van der Waals surface area contributed by atoms with E-state index in [-0.39, 0.29) is 18.4 Å². The van der Waals surface area contributed by atoms with E-state index in [1.54, 1.807) is 11.3 Å². The summed E-state index contributed by atoms with van der Waals surface area (Å²) in [7, 11) is 0. The molecule has 3 heterocycles. The van der Waals surface area contributed by atoms with Gasteiger partial charge in [0.1, 0.15) is 16.9 Å². The number of aliphatic imine (C=N–C) groups is 1. The molecule has 0 saturated heterocycles. The zero-order valence-corrected chi connectivity index (χ0v) is 20.2. The number of amides is 1. The Morgan fingerprint density at radius 2 is 1.91 bits per heavy atom. The van der Waals surface area contributed by atoms with Crippen molar-refractivity contribution in [1.29, 1.82) is 0 Å². The van der Waals surface area contributed by atoms with E-state index < -0.39 is 6.04 Å². The van der Waals surface area contributed by atoms with E-state index in [2.05, 4.69) is 40.9 Å². The predicted octanol–water partition coefficient (Wildman–Crippen LogP) is 5.10. The van der Waals surface area contributed by atoms with Crippen LogP contribution in [0.15, 0.2) is 29.3 Å². The average molecular weight is 468 g/mol. The Kier molecular flexibility index (Phi) is 5.42. The predicted molar refractivity (Wildman–Crippen MR) is 128 cm³/mol. The maximum Gasteiger partial charge on any atom is 0.222 e. The van der Waals surface area contributed by atoms with Gasteiger partial charge in [-0.3, -0.25) is 14.4 Å². The van der Waals surface area contributed by atoms with Gasteiger partial charge in [0.05, 0.1) is 12.1 Å². The summed E-state index contributed by atoms with van der Waals surface area (Å²) in [6.45, 7) is 8.41. The smallest absolute Gasteiger partial charge is 0.222 e. The molecule has 0 unspecified atom stereocenters. The van der Waals surface area contributed by atoms with E-state index in [0.717, 1.165) is 40.5 Å². The number of halogens is 1. The Balaban J connectivity index is 1.61. The summed E-state index contributed by atoms with van der Waals surface area (Å²) in [5, 5.41) is 13.7. The second-order valence-corrected chi connectivity index (χ2v) is 10.6. The summed E-state index contributed by atoms with van der Waals surface area (Å²) in [6.07, 6.45) is 2.33. The van der Waals surface area contributed by atoms with Crippen LogP contribution in [0.4, 0.5) is 0 Å². The first-order valence-electron chi connectivity index (χ1n) is 11.0. The molecular weight excluding hydrogens is 442 g/mol. The van der Waals surface area contributed by atoms with Gasteiger partial charge in [-0.15, -0.1) is 21.5 Å². The lowest BCUT2D eigenvalue weighted by Gasteiger charge is -2.33. The fourth-order valence-electron chi connectivity index (χ4n) is 4.61. The van der Waals surface area contributed by atoms with Crippen LogP contribution in [0.25, 0.3) is 5.00 Å². The van der Waals surface area contributed by atoms with E-state index in [0.29, 0.717) is 16.8 Å². The van der Waals surface area contributed by atoms with Gasteiger partial charge < -0.3 is 5.32 Å². The second kappa shape index (κ2) is 8.12. The summed E-state index contributed by atoms with van der Waals surface area (Å²) in [5.74, 6) is 2.21. The quantitative estimate of drug-likeness (QED) is 0.579. The van der Waals surface area contributed by atoms with Crippen molar-refractivity contribution in [2.75, 3.05) is 0 Å². The average Bonchev–Trinajstić information content (AvgIpc) is 3.20. The van der Waals surface area contributed by atoms with E-state index >= 15 is 0 Å². The first kappa shape index (κ1) is 21.3. The van der Waals surface area contributed by atoms with Gasteiger partial charge in [0.25, 0.3) is 0 Å². The Morgan fingerprint density at radius 1 is 1.19 bits per heavy atom. The monoisotopic (exact) mass is 467 g/mol. The van der Waals surface area contributed by atoms with Crippen LogP contribution in [0, 0.1) is 26.7 Å². The molecule has 1 aliphatic heterocycles. The molecule has 166 valence electrons. The van der Waals surface area contributed by atoms with Crippen LogP contribution in [0.1, 0.15) is 65.4 Å². The van der Waals surface area contributed by atoms with Crippen molar-refractivity contribution < 1.29 is 4.79 Å². The number of aryl methyl sites for hydroxylation is 2. The van der Waals surface area contributed by atoms with Gasteiger partial charge in [0.2, 0.25) is 5.91 Å². The number of fused-ring (bicyclic) bond motifs is 3. The van der Waals surface area contributed by atoms with Gasteiger partial charge in [-0.05, 0) is 57.2 Å². The van der Waals surface area contributed by atoms with Gasteiger partial charge in [-0.2, -0.15) is 0 Å². The molecule has 1 aliphatic carbocycles. The zero-order valence-electron chi connectivity index (χ0n) is 18.6. The lowest BCUT2D eigenvalue weighted by Crippen LogP contribution is -2.43. The minimum Gasteiger partial charge on any atom is -0.353 e. The number of carbonyl (C=O) groups is 1. The van der Waals surface area contributed by atoms with Crippen LogP contribution in [0.3, 0.4) is 0 Å². The second-order valence-electron chi connectivity index (χ2n) is 8.95. The maximum absolute atomic E-state index is 12.9. The lowest BCUT2D eigenvalue weighted by molar-refractivity contribution is -0.123. The van der Waals surface area contributed by atoms with Crippen LogP contribution in [0.5, 0.6) is 0 Å². The van der Waals surface area contributed by atoms with Crippen molar-refractivity contribution in [2.45, 2.75) is 59.0 Å². The SMILES string of the molecule is Cc1sc2c(c1C)C(c1ccc(Cl)cc1)=N[C@@H](CC(=O)NC1CC(C)C1)c1nnc(C)n1-2. The first-order chi connectivity index (χ1) is 15.3. The molecule has 1 fully saturated rings. The maximum atomic E-state index is 12.9. The molecule has 2 aromatic heterocycles. The van der Waals surface area contributed by atoms with Crippen molar-refractivity contribution in [2.24, 2.45) is 10.9 Å². The van der Waals surface area contributed by atoms with Gasteiger partial charge in [0, 0.05) is 27.1 Å². The highest BCUT2D eigenvalue weighted by Crippen LogP contribution is 2.39. The number of benzene rings is 1. The fraction of sp³-hybridized carbons (Fsp3) is 0.417. The number of hydrogen-bond acceptors (Lipinski definition) is 5.